The Balaban J connectivity index is 1.80. The van der Waals surface area contributed by atoms with Crippen LogP contribution >= 0.6 is 11.6 Å². The largest absolute Gasteiger partial charge is 0.325 e. The number of nitrogens with one attached hydrogen (secondary N) is 1. The standard InChI is InChI=1S/C23H20ClNO2/c1-15-11-12-20(24)14-21(15)25-23(27)16(2)18-9-6-10-19(13-18)22(26)17-7-4-3-5-8-17/h3-14,16H,1-2H3,(H,25,27)/t16-/m0/s1. The van der Waals surface area contributed by atoms with Crippen molar-refractivity contribution in [1.82, 2.24) is 0 Å². The van der Waals surface area contributed by atoms with Gasteiger partial charge in [0.05, 0.1) is 5.92 Å². The van der Waals surface area contributed by atoms with E-state index < -0.39 is 5.92 Å². The lowest BCUT2D eigenvalue weighted by Crippen LogP contribution is -2.19. The summed E-state index contributed by atoms with van der Waals surface area (Å²) in [6, 6.07) is 21.7. The second-order valence-corrected chi connectivity index (χ2v) is 6.93. The number of rotatable bonds is 5. The number of anilines is 1. The molecule has 0 aromatic heterocycles. The van der Waals surface area contributed by atoms with Crippen LogP contribution in [0.5, 0.6) is 0 Å². The first-order valence-corrected chi connectivity index (χ1v) is 9.10. The Morgan fingerprint density at radius 2 is 1.59 bits per heavy atom. The van der Waals surface area contributed by atoms with Crippen molar-refractivity contribution >= 4 is 29.0 Å². The fourth-order valence-electron chi connectivity index (χ4n) is 2.83. The summed E-state index contributed by atoms with van der Waals surface area (Å²) in [6.07, 6.45) is 0. The Hall–Kier alpha value is -2.91. The highest BCUT2D eigenvalue weighted by molar-refractivity contribution is 6.31. The molecule has 0 aliphatic rings. The molecule has 3 rings (SSSR count). The number of hydrogen-bond donors (Lipinski definition) is 1. The van der Waals surface area contributed by atoms with Gasteiger partial charge in [-0.05, 0) is 43.2 Å². The van der Waals surface area contributed by atoms with Crippen LogP contribution < -0.4 is 5.32 Å². The molecular weight excluding hydrogens is 358 g/mol. The first-order chi connectivity index (χ1) is 13.0. The quantitative estimate of drug-likeness (QED) is 0.586. The van der Waals surface area contributed by atoms with Gasteiger partial charge < -0.3 is 5.32 Å². The molecule has 1 atom stereocenters. The van der Waals surface area contributed by atoms with E-state index in [0.29, 0.717) is 21.8 Å². The predicted octanol–water partition coefficient (Wildman–Crippen LogP) is 5.62. The van der Waals surface area contributed by atoms with Gasteiger partial charge in [0, 0.05) is 21.8 Å². The summed E-state index contributed by atoms with van der Waals surface area (Å²) in [4.78, 5) is 25.3. The number of benzene rings is 3. The molecular formula is C23H20ClNO2. The molecule has 3 nitrogen and oxygen atoms in total. The van der Waals surface area contributed by atoms with Crippen molar-refractivity contribution in [3.8, 4) is 0 Å². The molecule has 0 aliphatic heterocycles. The number of ketones is 1. The van der Waals surface area contributed by atoms with Crippen molar-refractivity contribution in [2.45, 2.75) is 19.8 Å². The number of carbonyl (C=O) groups is 2. The average molecular weight is 378 g/mol. The minimum absolute atomic E-state index is 0.0595. The van der Waals surface area contributed by atoms with Gasteiger partial charge in [-0.3, -0.25) is 9.59 Å². The van der Waals surface area contributed by atoms with Crippen LogP contribution in [-0.4, -0.2) is 11.7 Å². The van der Waals surface area contributed by atoms with E-state index in [4.69, 9.17) is 11.6 Å². The summed E-state index contributed by atoms with van der Waals surface area (Å²) in [5, 5.41) is 3.49. The van der Waals surface area contributed by atoms with Gasteiger partial charge >= 0.3 is 0 Å². The van der Waals surface area contributed by atoms with E-state index in [1.165, 1.54) is 0 Å². The van der Waals surface area contributed by atoms with E-state index in [0.717, 1.165) is 11.1 Å². The van der Waals surface area contributed by atoms with Gasteiger partial charge in [-0.1, -0.05) is 66.2 Å². The first-order valence-electron chi connectivity index (χ1n) is 8.72. The van der Waals surface area contributed by atoms with Crippen molar-refractivity contribution in [2.24, 2.45) is 0 Å². The average Bonchev–Trinajstić information content (AvgIpc) is 2.70. The van der Waals surface area contributed by atoms with Gasteiger partial charge in [0.15, 0.2) is 5.78 Å². The van der Waals surface area contributed by atoms with Crippen LogP contribution in [0.4, 0.5) is 5.69 Å². The summed E-state index contributed by atoms with van der Waals surface area (Å²) in [7, 11) is 0. The summed E-state index contributed by atoms with van der Waals surface area (Å²) >= 11 is 6.02. The molecule has 0 saturated heterocycles. The van der Waals surface area contributed by atoms with Crippen molar-refractivity contribution in [3.05, 3.63) is 100 Å². The third kappa shape index (κ3) is 4.44. The van der Waals surface area contributed by atoms with Crippen molar-refractivity contribution in [1.29, 1.82) is 0 Å². The molecule has 3 aromatic carbocycles. The van der Waals surface area contributed by atoms with E-state index in [1.54, 1.807) is 42.5 Å². The predicted molar refractivity (Wildman–Crippen MR) is 110 cm³/mol. The highest BCUT2D eigenvalue weighted by atomic mass is 35.5. The lowest BCUT2D eigenvalue weighted by atomic mass is 9.95. The molecule has 0 unspecified atom stereocenters. The first kappa shape index (κ1) is 18.9. The Bertz CT molecular complexity index is 983. The molecule has 0 aliphatic carbocycles. The molecule has 0 radical (unpaired) electrons. The number of hydrogen-bond acceptors (Lipinski definition) is 2. The molecule has 0 spiro atoms. The molecule has 27 heavy (non-hydrogen) atoms. The lowest BCUT2D eigenvalue weighted by Gasteiger charge is -2.15. The third-order valence-corrected chi connectivity index (χ3v) is 4.77. The molecule has 4 heteroatoms. The van der Waals surface area contributed by atoms with Gasteiger partial charge in [0.2, 0.25) is 5.91 Å². The second kappa shape index (κ2) is 8.19. The number of amides is 1. The molecule has 0 heterocycles. The maximum atomic E-state index is 12.7. The van der Waals surface area contributed by atoms with Crippen LogP contribution in [0, 0.1) is 6.92 Å². The smallest absolute Gasteiger partial charge is 0.231 e. The minimum Gasteiger partial charge on any atom is -0.325 e. The zero-order valence-corrected chi connectivity index (χ0v) is 16.0. The Labute approximate surface area is 164 Å². The molecule has 1 N–H and O–H groups in total. The Morgan fingerprint density at radius 3 is 2.33 bits per heavy atom. The van der Waals surface area contributed by atoms with Crippen LogP contribution in [0.15, 0.2) is 72.8 Å². The van der Waals surface area contributed by atoms with E-state index >= 15 is 0 Å². The maximum absolute atomic E-state index is 12.7. The van der Waals surface area contributed by atoms with Gasteiger partial charge in [-0.15, -0.1) is 0 Å². The van der Waals surface area contributed by atoms with E-state index in [-0.39, 0.29) is 11.7 Å². The van der Waals surface area contributed by atoms with E-state index in [2.05, 4.69) is 5.32 Å². The van der Waals surface area contributed by atoms with Gasteiger partial charge in [0.25, 0.3) is 0 Å². The molecule has 136 valence electrons. The molecule has 3 aromatic rings. The fourth-order valence-corrected chi connectivity index (χ4v) is 3.00. The summed E-state index contributed by atoms with van der Waals surface area (Å²) in [5.41, 5.74) is 3.61. The fraction of sp³-hybridized carbons (Fsp3) is 0.130. The lowest BCUT2D eigenvalue weighted by molar-refractivity contribution is -0.117. The highest BCUT2D eigenvalue weighted by Crippen LogP contribution is 2.24. The Morgan fingerprint density at radius 1 is 0.889 bits per heavy atom. The van der Waals surface area contributed by atoms with Crippen LogP contribution in [0.3, 0.4) is 0 Å². The summed E-state index contributed by atoms with van der Waals surface area (Å²) < 4.78 is 0. The number of aryl methyl sites for hydroxylation is 1. The third-order valence-electron chi connectivity index (χ3n) is 4.54. The van der Waals surface area contributed by atoms with Crippen LogP contribution in [0.25, 0.3) is 0 Å². The van der Waals surface area contributed by atoms with Crippen LogP contribution in [0.1, 0.15) is 39.9 Å². The molecule has 0 saturated carbocycles. The van der Waals surface area contributed by atoms with E-state index in [9.17, 15) is 9.59 Å². The monoisotopic (exact) mass is 377 g/mol. The summed E-state index contributed by atoms with van der Waals surface area (Å²) in [6.45, 7) is 3.73. The number of carbonyl (C=O) groups excluding carboxylic acids is 2. The van der Waals surface area contributed by atoms with Crippen molar-refractivity contribution in [2.75, 3.05) is 5.32 Å². The number of halogens is 1. The zero-order chi connectivity index (χ0) is 19.4. The van der Waals surface area contributed by atoms with Gasteiger partial charge in [-0.25, -0.2) is 0 Å². The normalized spacial score (nSPS) is 11.7. The molecule has 0 fully saturated rings. The van der Waals surface area contributed by atoms with E-state index in [1.807, 2.05) is 44.2 Å². The van der Waals surface area contributed by atoms with Crippen molar-refractivity contribution < 1.29 is 9.59 Å². The molecule has 0 bridgehead atoms. The van der Waals surface area contributed by atoms with Crippen LogP contribution in [0.2, 0.25) is 5.02 Å². The van der Waals surface area contributed by atoms with Crippen molar-refractivity contribution in [3.63, 3.8) is 0 Å². The van der Waals surface area contributed by atoms with Crippen LogP contribution in [-0.2, 0) is 4.79 Å². The topological polar surface area (TPSA) is 46.2 Å². The van der Waals surface area contributed by atoms with Gasteiger partial charge in [-0.2, -0.15) is 0 Å². The highest BCUT2D eigenvalue weighted by Gasteiger charge is 2.18. The minimum atomic E-state index is -0.410. The maximum Gasteiger partial charge on any atom is 0.231 e. The van der Waals surface area contributed by atoms with Gasteiger partial charge in [0.1, 0.15) is 0 Å². The molecule has 1 amide bonds. The Kier molecular flexibility index (Phi) is 5.72. The zero-order valence-electron chi connectivity index (χ0n) is 15.2. The summed E-state index contributed by atoms with van der Waals surface area (Å²) in [5.74, 6) is -0.618. The SMILES string of the molecule is Cc1ccc(Cl)cc1NC(=O)[C@@H](C)c1cccc(C(=O)c2ccccc2)c1. The second-order valence-electron chi connectivity index (χ2n) is 6.49.